The molecule has 1 aliphatic rings. The van der Waals surface area contributed by atoms with Gasteiger partial charge in [-0.05, 0) is 52.3 Å². The molecule has 0 saturated carbocycles. The number of benzene rings is 2. The number of hydrogen-bond acceptors (Lipinski definition) is 2. The fourth-order valence-electron chi connectivity index (χ4n) is 2.75. The normalized spacial score (nSPS) is 14.5. The fraction of sp³-hybridized carbons (Fsp3) is 0.222. The summed E-state index contributed by atoms with van der Waals surface area (Å²) < 4.78 is 13.6. The van der Waals surface area contributed by atoms with Crippen LogP contribution in [0.4, 0.5) is 4.39 Å². The number of piperazine rings is 1. The van der Waals surface area contributed by atoms with Crippen LogP contribution < -0.4 is 0 Å². The van der Waals surface area contributed by atoms with E-state index in [9.17, 15) is 14.0 Å². The summed E-state index contributed by atoms with van der Waals surface area (Å²) in [6.07, 6.45) is 0. The van der Waals surface area contributed by atoms with Gasteiger partial charge in [0.15, 0.2) is 0 Å². The van der Waals surface area contributed by atoms with Crippen LogP contribution in [-0.2, 0) is 0 Å². The highest BCUT2D eigenvalue weighted by molar-refractivity contribution is 9.10. The Bertz CT molecular complexity index is 822. The minimum atomic E-state index is -0.402. The van der Waals surface area contributed by atoms with Gasteiger partial charge in [0.1, 0.15) is 5.82 Å². The number of carbonyl (C=O) groups is 2. The lowest BCUT2D eigenvalue weighted by Gasteiger charge is -2.35. The highest BCUT2D eigenvalue weighted by atomic mass is 79.9. The van der Waals surface area contributed by atoms with Crippen LogP contribution in [0.5, 0.6) is 0 Å². The second-order valence-corrected chi connectivity index (χ2v) is 7.01. The van der Waals surface area contributed by atoms with Crippen molar-refractivity contribution >= 4 is 39.3 Å². The van der Waals surface area contributed by atoms with E-state index in [0.717, 1.165) is 0 Å². The SMILES string of the molecule is O=C(c1cccc(Cl)c1)N1CCN(C(=O)c2ccc(F)cc2Br)CC1. The van der Waals surface area contributed by atoms with Gasteiger partial charge in [0.05, 0.1) is 5.56 Å². The van der Waals surface area contributed by atoms with E-state index >= 15 is 0 Å². The van der Waals surface area contributed by atoms with Gasteiger partial charge >= 0.3 is 0 Å². The highest BCUT2D eigenvalue weighted by Gasteiger charge is 2.26. The van der Waals surface area contributed by atoms with Crippen molar-refractivity contribution in [2.45, 2.75) is 0 Å². The van der Waals surface area contributed by atoms with E-state index in [1.807, 2.05) is 0 Å². The lowest BCUT2D eigenvalue weighted by atomic mass is 10.1. The standard InChI is InChI=1S/C18H15BrClFN2O2/c19-16-11-14(21)4-5-15(16)18(25)23-8-6-22(7-9-23)17(24)12-2-1-3-13(20)10-12/h1-5,10-11H,6-9H2. The quantitative estimate of drug-likeness (QED) is 0.733. The van der Waals surface area contributed by atoms with Crippen LogP contribution in [0.25, 0.3) is 0 Å². The zero-order valence-corrected chi connectivity index (χ0v) is 15.6. The van der Waals surface area contributed by atoms with E-state index in [1.165, 1.54) is 18.2 Å². The molecule has 0 spiro atoms. The van der Waals surface area contributed by atoms with Crippen molar-refractivity contribution in [3.63, 3.8) is 0 Å². The molecular weight excluding hydrogens is 411 g/mol. The third kappa shape index (κ3) is 4.02. The van der Waals surface area contributed by atoms with E-state index in [4.69, 9.17) is 11.6 Å². The Morgan fingerprint density at radius 1 is 0.960 bits per heavy atom. The molecule has 1 heterocycles. The molecule has 25 heavy (non-hydrogen) atoms. The second kappa shape index (κ2) is 7.54. The summed E-state index contributed by atoms with van der Waals surface area (Å²) in [6, 6.07) is 10.8. The molecule has 4 nitrogen and oxygen atoms in total. The minimum absolute atomic E-state index is 0.0995. The van der Waals surface area contributed by atoms with Crippen molar-refractivity contribution in [1.82, 2.24) is 9.80 Å². The van der Waals surface area contributed by atoms with Crippen LogP contribution in [0.3, 0.4) is 0 Å². The molecule has 1 saturated heterocycles. The highest BCUT2D eigenvalue weighted by Crippen LogP contribution is 2.21. The zero-order valence-electron chi connectivity index (χ0n) is 13.2. The molecule has 0 N–H and O–H groups in total. The number of carbonyl (C=O) groups excluding carboxylic acids is 2. The van der Waals surface area contributed by atoms with Crippen molar-refractivity contribution in [3.8, 4) is 0 Å². The topological polar surface area (TPSA) is 40.6 Å². The van der Waals surface area contributed by atoms with Crippen LogP contribution in [0.1, 0.15) is 20.7 Å². The van der Waals surface area contributed by atoms with Gasteiger partial charge in [-0.2, -0.15) is 0 Å². The van der Waals surface area contributed by atoms with Crippen molar-refractivity contribution in [3.05, 3.63) is 68.9 Å². The number of rotatable bonds is 2. The van der Waals surface area contributed by atoms with E-state index in [2.05, 4.69) is 15.9 Å². The number of nitrogens with zero attached hydrogens (tertiary/aromatic N) is 2. The predicted molar refractivity (Wildman–Crippen MR) is 97.4 cm³/mol. The Kier molecular flexibility index (Phi) is 5.39. The van der Waals surface area contributed by atoms with Gasteiger partial charge in [0.25, 0.3) is 11.8 Å². The maximum absolute atomic E-state index is 13.2. The summed E-state index contributed by atoms with van der Waals surface area (Å²) in [5.74, 6) is -0.681. The monoisotopic (exact) mass is 424 g/mol. The van der Waals surface area contributed by atoms with Crippen molar-refractivity contribution in [2.24, 2.45) is 0 Å². The van der Waals surface area contributed by atoms with Gasteiger partial charge in [-0.15, -0.1) is 0 Å². The molecule has 1 aliphatic heterocycles. The minimum Gasteiger partial charge on any atom is -0.335 e. The average molecular weight is 426 g/mol. The van der Waals surface area contributed by atoms with Crippen LogP contribution in [0, 0.1) is 5.82 Å². The van der Waals surface area contributed by atoms with Gasteiger partial charge < -0.3 is 9.80 Å². The molecule has 0 radical (unpaired) electrons. The lowest BCUT2D eigenvalue weighted by molar-refractivity contribution is 0.0535. The van der Waals surface area contributed by atoms with Crippen LogP contribution in [-0.4, -0.2) is 47.8 Å². The Morgan fingerprint density at radius 3 is 2.20 bits per heavy atom. The lowest BCUT2D eigenvalue weighted by Crippen LogP contribution is -2.50. The molecule has 130 valence electrons. The maximum atomic E-state index is 13.2. The molecule has 1 fully saturated rings. The molecule has 0 unspecified atom stereocenters. The van der Waals surface area contributed by atoms with Crippen LogP contribution in [0.15, 0.2) is 46.9 Å². The maximum Gasteiger partial charge on any atom is 0.255 e. The van der Waals surface area contributed by atoms with E-state index in [1.54, 1.807) is 34.1 Å². The Balaban J connectivity index is 1.65. The van der Waals surface area contributed by atoms with Gasteiger partial charge in [0, 0.05) is 41.2 Å². The molecule has 0 aromatic heterocycles. The Labute approximate surface area is 158 Å². The Hall–Kier alpha value is -1.92. The molecule has 2 aromatic carbocycles. The van der Waals surface area contributed by atoms with Crippen molar-refractivity contribution < 1.29 is 14.0 Å². The first-order chi connectivity index (χ1) is 12.0. The molecule has 7 heteroatoms. The van der Waals surface area contributed by atoms with Crippen molar-refractivity contribution in [2.75, 3.05) is 26.2 Å². The summed E-state index contributed by atoms with van der Waals surface area (Å²) in [5.41, 5.74) is 0.949. The summed E-state index contributed by atoms with van der Waals surface area (Å²) in [5, 5.41) is 0.515. The fourth-order valence-corrected chi connectivity index (χ4v) is 3.46. The third-order valence-electron chi connectivity index (χ3n) is 4.09. The second-order valence-electron chi connectivity index (χ2n) is 5.72. The largest absolute Gasteiger partial charge is 0.335 e. The van der Waals surface area contributed by atoms with Gasteiger partial charge in [-0.25, -0.2) is 4.39 Å². The zero-order chi connectivity index (χ0) is 18.0. The van der Waals surface area contributed by atoms with Gasteiger partial charge in [-0.1, -0.05) is 17.7 Å². The number of halogens is 3. The summed E-state index contributed by atoms with van der Waals surface area (Å²) in [7, 11) is 0. The van der Waals surface area contributed by atoms with Crippen molar-refractivity contribution in [1.29, 1.82) is 0 Å². The first-order valence-electron chi connectivity index (χ1n) is 7.75. The molecule has 2 amide bonds. The molecule has 3 rings (SSSR count). The number of amides is 2. The average Bonchev–Trinajstić information content (AvgIpc) is 2.61. The summed E-state index contributed by atoms with van der Waals surface area (Å²) >= 11 is 9.15. The van der Waals surface area contributed by atoms with E-state index < -0.39 is 5.82 Å². The van der Waals surface area contributed by atoms with Gasteiger partial charge in [-0.3, -0.25) is 9.59 Å². The van der Waals surface area contributed by atoms with Crippen LogP contribution in [0.2, 0.25) is 5.02 Å². The first kappa shape index (κ1) is 17.9. The molecule has 2 aromatic rings. The van der Waals surface area contributed by atoms with Gasteiger partial charge in [0.2, 0.25) is 0 Å². The Morgan fingerprint density at radius 2 is 1.60 bits per heavy atom. The molecule has 0 atom stereocenters. The van der Waals surface area contributed by atoms with E-state index in [0.29, 0.717) is 46.8 Å². The van der Waals surface area contributed by atoms with Crippen LogP contribution >= 0.6 is 27.5 Å². The molecule has 0 bridgehead atoms. The van der Waals surface area contributed by atoms with E-state index in [-0.39, 0.29) is 11.8 Å². The molecule has 0 aliphatic carbocycles. The molecular formula is C18H15BrClFN2O2. The predicted octanol–water partition coefficient (Wildman–Crippen LogP) is 3.84. The summed E-state index contributed by atoms with van der Waals surface area (Å²) in [6.45, 7) is 1.73. The third-order valence-corrected chi connectivity index (χ3v) is 4.98. The first-order valence-corrected chi connectivity index (χ1v) is 8.92. The smallest absolute Gasteiger partial charge is 0.255 e. The summed E-state index contributed by atoms with van der Waals surface area (Å²) in [4.78, 5) is 28.5. The number of hydrogen-bond donors (Lipinski definition) is 0.